The van der Waals surface area contributed by atoms with Crippen molar-refractivity contribution in [2.45, 2.75) is 39.7 Å². The van der Waals surface area contributed by atoms with Gasteiger partial charge in [-0.25, -0.2) is 0 Å². The monoisotopic (exact) mass is 336 g/mol. The van der Waals surface area contributed by atoms with Crippen LogP contribution in [0.4, 0.5) is 11.4 Å². The number of nitrogens with zero attached hydrogens (tertiary/aromatic N) is 2. The molecule has 0 saturated carbocycles. The highest BCUT2D eigenvalue weighted by atomic mass is 16.2. The average molecular weight is 336 g/mol. The van der Waals surface area contributed by atoms with Crippen LogP contribution in [0.15, 0.2) is 48.5 Å². The lowest BCUT2D eigenvalue weighted by Gasteiger charge is -2.25. The van der Waals surface area contributed by atoms with Gasteiger partial charge in [0, 0.05) is 24.0 Å². The van der Waals surface area contributed by atoms with Crippen molar-refractivity contribution >= 4 is 23.2 Å². The summed E-state index contributed by atoms with van der Waals surface area (Å²) in [4.78, 5) is 29.0. The molecule has 3 rings (SSSR count). The number of rotatable bonds is 4. The zero-order chi connectivity index (χ0) is 18.0. The number of fused-ring (bicyclic) bond motifs is 1. The molecule has 0 fully saturated rings. The van der Waals surface area contributed by atoms with E-state index in [0.29, 0.717) is 6.54 Å². The minimum Gasteiger partial charge on any atom is -0.312 e. The second-order valence-corrected chi connectivity index (χ2v) is 6.60. The fourth-order valence-corrected chi connectivity index (χ4v) is 3.55. The molecule has 0 radical (unpaired) electrons. The van der Waals surface area contributed by atoms with E-state index in [1.54, 1.807) is 9.80 Å². The van der Waals surface area contributed by atoms with E-state index in [1.807, 2.05) is 69.3 Å². The zero-order valence-corrected chi connectivity index (χ0v) is 15.0. The molecule has 0 aliphatic carbocycles. The third-order valence-corrected chi connectivity index (χ3v) is 4.71. The quantitative estimate of drug-likeness (QED) is 0.799. The van der Waals surface area contributed by atoms with Crippen LogP contribution in [-0.2, 0) is 16.0 Å². The number of benzene rings is 2. The van der Waals surface area contributed by atoms with Crippen molar-refractivity contribution in [2.75, 3.05) is 16.3 Å². The molecule has 0 N–H and O–H groups in total. The molecule has 25 heavy (non-hydrogen) atoms. The molecule has 0 saturated heterocycles. The van der Waals surface area contributed by atoms with Gasteiger partial charge in [-0.1, -0.05) is 30.3 Å². The molecule has 0 spiro atoms. The summed E-state index contributed by atoms with van der Waals surface area (Å²) in [7, 11) is 0. The van der Waals surface area contributed by atoms with Crippen LogP contribution < -0.4 is 9.80 Å². The highest BCUT2D eigenvalue weighted by molar-refractivity contribution is 6.10. The van der Waals surface area contributed by atoms with E-state index >= 15 is 0 Å². The molecule has 1 aliphatic rings. The molecule has 1 heterocycles. The van der Waals surface area contributed by atoms with E-state index in [0.717, 1.165) is 23.4 Å². The highest BCUT2D eigenvalue weighted by Gasteiger charge is 2.32. The van der Waals surface area contributed by atoms with Crippen molar-refractivity contribution in [3.63, 3.8) is 0 Å². The molecule has 1 aliphatic heterocycles. The molecule has 4 nitrogen and oxygen atoms in total. The van der Waals surface area contributed by atoms with Crippen LogP contribution in [0.1, 0.15) is 31.4 Å². The van der Waals surface area contributed by atoms with Gasteiger partial charge in [0.25, 0.3) is 0 Å². The number of carbonyl (C=O) groups is 2. The predicted octanol–water partition coefficient (Wildman–Crippen LogP) is 3.72. The van der Waals surface area contributed by atoms with Gasteiger partial charge in [0.15, 0.2) is 0 Å². The number of hydrogen-bond acceptors (Lipinski definition) is 2. The Morgan fingerprint density at radius 1 is 1.16 bits per heavy atom. The summed E-state index contributed by atoms with van der Waals surface area (Å²) < 4.78 is 0. The lowest BCUT2D eigenvalue weighted by Crippen LogP contribution is -2.40. The van der Waals surface area contributed by atoms with Crippen LogP contribution in [0.2, 0.25) is 0 Å². The molecule has 0 aromatic heterocycles. The molecular formula is C21H24N2O2. The number of para-hydroxylation sites is 1. The lowest BCUT2D eigenvalue weighted by atomic mass is 10.1. The van der Waals surface area contributed by atoms with Gasteiger partial charge in [-0.2, -0.15) is 0 Å². The molecule has 2 aromatic rings. The van der Waals surface area contributed by atoms with Gasteiger partial charge >= 0.3 is 0 Å². The van der Waals surface area contributed by atoms with Crippen molar-refractivity contribution < 1.29 is 9.59 Å². The maximum absolute atomic E-state index is 12.8. The minimum absolute atomic E-state index is 0.0896. The van der Waals surface area contributed by atoms with Crippen molar-refractivity contribution in [2.24, 2.45) is 0 Å². The first kappa shape index (κ1) is 17.2. The smallest absolute Gasteiger partial charge is 0.236 e. The summed E-state index contributed by atoms with van der Waals surface area (Å²) in [6, 6.07) is 15.8. The van der Waals surface area contributed by atoms with Gasteiger partial charge in [-0.3, -0.25) is 9.59 Å². The summed E-state index contributed by atoms with van der Waals surface area (Å²) in [5, 5.41) is 0. The Balaban J connectivity index is 1.77. The Kier molecular flexibility index (Phi) is 4.88. The Morgan fingerprint density at radius 2 is 1.92 bits per heavy atom. The normalized spacial score (nSPS) is 15.8. The van der Waals surface area contributed by atoms with Gasteiger partial charge in [0.1, 0.15) is 6.42 Å². The fraction of sp³-hybridized carbons (Fsp3) is 0.333. The summed E-state index contributed by atoms with van der Waals surface area (Å²) in [6.45, 7) is 6.50. The molecule has 2 amide bonds. The number of anilines is 2. The van der Waals surface area contributed by atoms with Crippen molar-refractivity contribution in [1.82, 2.24) is 0 Å². The number of carbonyl (C=O) groups excluding carboxylic acids is 2. The summed E-state index contributed by atoms with van der Waals surface area (Å²) >= 11 is 0. The number of hydrogen-bond donors (Lipinski definition) is 0. The van der Waals surface area contributed by atoms with Crippen LogP contribution in [0.25, 0.3) is 0 Å². The summed E-state index contributed by atoms with van der Waals surface area (Å²) in [5.41, 5.74) is 4.04. The number of amides is 2. The predicted molar refractivity (Wildman–Crippen MR) is 101 cm³/mol. The first-order valence-electron chi connectivity index (χ1n) is 8.78. The standard InChI is InChI=1S/C21H24N2O2/c1-4-22(18-10-7-8-15(2)12-18)20(24)14-21(25)23-16(3)13-17-9-5-6-11-19(17)23/h5-12,16H,4,13-14H2,1-3H3. The molecule has 0 bridgehead atoms. The topological polar surface area (TPSA) is 40.6 Å². The van der Waals surface area contributed by atoms with Gasteiger partial charge in [-0.15, -0.1) is 0 Å². The largest absolute Gasteiger partial charge is 0.312 e. The number of aryl methyl sites for hydroxylation is 1. The van der Waals surface area contributed by atoms with Crippen molar-refractivity contribution in [1.29, 1.82) is 0 Å². The van der Waals surface area contributed by atoms with E-state index < -0.39 is 0 Å². The molecule has 4 heteroatoms. The molecular weight excluding hydrogens is 312 g/mol. The average Bonchev–Trinajstić information content (AvgIpc) is 2.91. The summed E-state index contributed by atoms with van der Waals surface area (Å²) in [5.74, 6) is -0.289. The van der Waals surface area contributed by atoms with Crippen LogP contribution >= 0.6 is 0 Å². The van der Waals surface area contributed by atoms with Crippen molar-refractivity contribution in [3.8, 4) is 0 Å². The van der Waals surface area contributed by atoms with E-state index in [-0.39, 0.29) is 24.3 Å². The Labute approximate surface area is 149 Å². The fourth-order valence-electron chi connectivity index (χ4n) is 3.55. The Hall–Kier alpha value is -2.62. The Morgan fingerprint density at radius 3 is 2.64 bits per heavy atom. The Bertz CT molecular complexity index is 800. The highest BCUT2D eigenvalue weighted by Crippen LogP contribution is 2.32. The van der Waals surface area contributed by atoms with Gasteiger partial charge in [0.05, 0.1) is 0 Å². The third-order valence-electron chi connectivity index (χ3n) is 4.71. The molecule has 2 aromatic carbocycles. The van der Waals surface area contributed by atoms with Crippen LogP contribution in [0.5, 0.6) is 0 Å². The van der Waals surface area contributed by atoms with Gasteiger partial charge in [-0.05, 0) is 56.5 Å². The van der Waals surface area contributed by atoms with Crippen LogP contribution in [0.3, 0.4) is 0 Å². The van der Waals surface area contributed by atoms with E-state index in [1.165, 1.54) is 5.56 Å². The van der Waals surface area contributed by atoms with Crippen LogP contribution in [-0.4, -0.2) is 24.4 Å². The first-order valence-corrected chi connectivity index (χ1v) is 8.78. The summed E-state index contributed by atoms with van der Waals surface area (Å²) in [6.07, 6.45) is 0.728. The maximum atomic E-state index is 12.8. The SMILES string of the molecule is CCN(C(=O)CC(=O)N1c2ccccc2CC1C)c1cccc(C)c1. The first-order chi connectivity index (χ1) is 12.0. The maximum Gasteiger partial charge on any atom is 0.236 e. The molecule has 1 atom stereocenters. The second kappa shape index (κ2) is 7.09. The van der Waals surface area contributed by atoms with E-state index in [9.17, 15) is 9.59 Å². The molecule has 130 valence electrons. The van der Waals surface area contributed by atoms with Gasteiger partial charge in [0.2, 0.25) is 11.8 Å². The second-order valence-electron chi connectivity index (χ2n) is 6.60. The lowest BCUT2D eigenvalue weighted by molar-refractivity contribution is -0.126. The third kappa shape index (κ3) is 3.43. The minimum atomic E-state index is -0.158. The van der Waals surface area contributed by atoms with Crippen LogP contribution in [0, 0.1) is 6.92 Å². The van der Waals surface area contributed by atoms with Gasteiger partial charge < -0.3 is 9.80 Å². The van der Waals surface area contributed by atoms with E-state index in [4.69, 9.17) is 0 Å². The molecule has 1 unspecified atom stereocenters. The van der Waals surface area contributed by atoms with E-state index in [2.05, 4.69) is 0 Å². The van der Waals surface area contributed by atoms with Crippen molar-refractivity contribution in [3.05, 3.63) is 59.7 Å². The zero-order valence-electron chi connectivity index (χ0n) is 15.0.